The fourth-order valence-corrected chi connectivity index (χ4v) is 7.17. The number of allylic oxidation sites excluding steroid dienone is 3. The summed E-state index contributed by atoms with van der Waals surface area (Å²) < 4.78 is 2.58. The number of para-hydroxylation sites is 1. The molecule has 0 saturated heterocycles. The lowest BCUT2D eigenvalue weighted by Gasteiger charge is -2.23. The number of H-pyrrole nitrogens is 1. The van der Waals surface area contributed by atoms with Crippen LogP contribution in [-0.4, -0.2) is 9.55 Å². The van der Waals surface area contributed by atoms with E-state index in [1.165, 1.54) is 65.9 Å². The van der Waals surface area contributed by atoms with E-state index in [4.69, 9.17) is 0 Å². The van der Waals surface area contributed by atoms with Crippen molar-refractivity contribution in [3.05, 3.63) is 76.0 Å². The summed E-state index contributed by atoms with van der Waals surface area (Å²) in [6.45, 7) is 15.3. The lowest BCUT2D eigenvalue weighted by molar-refractivity contribution is 0.819. The smallest absolute Gasteiger partial charge is 0.0554 e. The monoisotopic (exact) mass is 530 g/mol. The van der Waals surface area contributed by atoms with Crippen molar-refractivity contribution in [3.63, 3.8) is 0 Å². The first-order chi connectivity index (χ1) is 19.9. The van der Waals surface area contributed by atoms with E-state index in [2.05, 4.69) is 77.2 Å². The third-order valence-corrected chi connectivity index (χ3v) is 8.47. The number of aromatic amines is 1. The summed E-state index contributed by atoms with van der Waals surface area (Å²) in [5, 5.41) is 7.30. The van der Waals surface area contributed by atoms with Crippen molar-refractivity contribution in [2.75, 3.05) is 0 Å². The molecule has 0 atom stereocenters. The molecule has 5 aromatic rings. The number of fused-ring (bicyclic) bond motifs is 15. The first-order valence-corrected chi connectivity index (χ1v) is 15.9. The quantitative estimate of drug-likeness (QED) is 0.222. The zero-order chi connectivity index (χ0) is 28.4. The third kappa shape index (κ3) is 3.99. The number of hydrogen-bond donors (Lipinski definition) is 1. The first-order valence-electron chi connectivity index (χ1n) is 15.9. The van der Waals surface area contributed by atoms with Gasteiger partial charge in [0, 0.05) is 44.9 Å². The molecular weight excluding hydrogens is 484 g/mol. The third-order valence-electron chi connectivity index (χ3n) is 8.47. The Kier molecular flexibility index (Phi) is 8.35. The van der Waals surface area contributed by atoms with Crippen LogP contribution >= 0.6 is 0 Å². The molecule has 0 spiro atoms. The molecule has 0 aliphatic heterocycles. The zero-order valence-electron chi connectivity index (χ0n) is 25.7. The van der Waals surface area contributed by atoms with E-state index in [-0.39, 0.29) is 0 Å². The van der Waals surface area contributed by atoms with Gasteiger partial charge in [-0.1, -0.05) is 96.2 Å². The Bertz CT molecular complexity index is 1780. The molecule has 0 amide bonds. The second kappa shape index (κ2) is 11.9. The van der Waals surface area contributed by atoms with Crippen molar-refractivity contribution in [2.45, 2.75) is 93.5 Å². The molecule has 8 rings (SSSR count). The summed E-state index contributed by atoms with van der Waals surface area (Å²) >= 11 is 0. The van der Waals surface area contributed by atoms with Crippen molar-refractivity contribution in [1.29, 1.82) is 0 Å². The van der Waals surface area contributed by atoms with E-state index in [1.54, 1.807) is 11.1 Å². The normalized spacial score (nSPS) is 14.6. The second-order valence-electron chi connectivity index (χ2n) is 10.1. The van der Waals surface area contributed by atoms with Crippen LogP contribution < -0.4 is 0 Å². The van der Waals surface area contributed by atoms with E-state index in [0.29, 0.717) is 0 Å². The van der Waals surface area contributed by atoms with E-state index in [0.717, 1.165) is 45.1 Å². The van der Waals surface area contributed by atoms with Crippen LogP contribution in [0.25, 0.3) is 61.7 Å². The lowest BCUT2D eigenvalue weighted by atomic mass is 9.81. The highest BCUT2D eigenvalue weighted by Crippen LogP contribution is 2.49. The number of benzene rings is 3. The van der Waals surface area contributed by atoms with Crippen LogP contribution in [0.3, 0.4) is 0 Å². The van der Waals surface area contributed by atoms with E-state index in [1.807, 2.05) is 41.5 Å². The van der Waals surface area contributed by atoms with Crippen molar-refractivity contribution in [1.82, 2.24) is 9.55 Å². The molecule has 2 nitrogen and oxygen atoms in total. The second-order valence-corrected chi connectivity index (χ2v) is 10.1. The molecule has 0 saturated carbocycles. The molecule has 40 heavy (non-hydrogen) atoms. The molecule has 0 unspecified atom stereocenters. The molecule has 2 heterocycles. The summed E-state index contributed by atoms with van der Waals surface area (Å²) in [6.07, 6.45) is 21.1. The molecule has 0 fully saturated rings. The molecular formula is C38H46N2. The SMILES string of the molecule is CC.CC.CC.CCn1c2ccccc2c2c3c4c(c5c6c([nH]c5c3c3c(c21)CCC=C3)CCC=C6)C=CCC4. The maximum Gasteiger partial charge on any atom is 0.0554 e. The van der Waals surface area contributed by atoms with Gasteiger partial charge in [0.15, 0.2) is 0 Å². The Morgan fingerprint density at radius 3 is 1.95 bits per heavy atom. The number of rotatable bonds is 1. The summed E-state index contributed by atoms with van der Waals surface area (Å²) in [5.74, 6) is 0. The minimum absolute atomic E-state index is 0.998. The topological polar surface area (TPSA) is 20.7 Å². The van der Waals surface area contributed by atoms with Crippen LogP contribution in [0.4, 0.5) is 0 Å². The number of nitrogens with zero attached hydrogens (tertiary/aromatic N) is 1. The highest BCUT2D eigenvalue weighted by Gasteiger charge is 2.28. The average molecular weight is 531 g/mol. The summed E-state index contributed by atoms with van der Waals surface area (Å²) in [4.78, 5) is 3.97. The fourth-order valence-electron chi connectivity index (χ4n) is 7.17. The van der Waals surface area contributed by atoms with Gasteiger partial charge in [0.05, 0.1) is 11.0 Å². The summed E-state index contributed by atoms with van der Waals surface area (Å²) in [6, 6.07) is 9.09. The minimum Gasteiger partial charge on any atom is -0.357 e. The van der Waals surface area contributed by atoms with Gasteiger partial charge in [0.1, 0.15) is 0 Å². The van der Waals surface area contributed by atoms with Crippen LogP contribution in [-0.2, 0) is 25.8 Å². The largest absolute Gasteiger partial charge is 0.357 e. The van der Waals surface area contributed by atoms with Crippen molar-refractivity contribution in [3.8, 4) is 0 Å². The average Bonchev–Trinajstić information content (AvgIpc) is 3.60. The van der Waals surface area contributed by atoms with Gasteiger partial charge in [0.25, 0.3) is 0 Å². The number of nitrogens with one attached hydrogen (secondary N) is 1. The van der Waals surface area contributed by atoms with Gasteiger partial charge in [-0.05, 0) is 79.2 Å². The highest BCUT2D eigenvalue weighted by atomic mass is 15.0. The van der Waals surface area contributed by atoms with Crippen molar-refractivity contribution in [2.24, 2.45) is 0 Å². The molecule has 208 valence electrons. The van der Waals surface area contributed by atoms with Gasteiger partial charge < -0.3 is 9.55 Å². The van der Waals surface area contributed by atoms with Gasteiger partial charge in [0.2, 0.25) is 0 Å². The van der Waals surface area contributed by atoms with E-state index >= 15 is 0 Å². The maximum absolute atomic E-state index is 3.97. The van der Waals surface area contributed by atoms with Crippen LogP contribution in [0.5, 0.6) is 0 Å². The van der Waals surface area contributed by atoms with Crippen LogP contribution in [0.2, 0.25) is 0 Å². The van der Waals surface area contributed by atoms with Crippen molar-refractivity contribution < 1.29 is 0 Å². The maximum atomic E-state index is 3.97. The Morgan fingerprint density at radius 2 is 1.25 bits per heavy atom. The molecule has 3 aliphatic rings. The van der Waals surface area contributed by atoms with Crippen LogP contribution in [0.15, 0.2) is 42.5 Å². The number of aromatic nitrogens is 2. The lowest BCUT2D eigenvalue weighted by Crippen LogP contribution is -2.05. The number of hydrogen-bond acceptors (Lipinski definition) is 0. The molecule has 3 aliphatic carbocycles. The Balaban J connectivity index is 0.000000507. The van der Waals surface area contributed by atoms with Gasteiger partial charge in [-0.3, -0.25) is 0 Å². The van der Waals surface area contributed by atoms with Gasteiger partial charge in [-0.25, -0.2) is 0 Å². The van der Waals surface area contributed by atoms with Crippen LogP contribution in [0, 0.1) is 0 Å². The Hall–Kier alpha value is -3.52. The highest BCUT2D eigenvalue weighted by molar-refractivity contribution is 6.30. The van der Waals surface area contributed by atoms with Gasteiger partial charge >= 0.3 is 0 Å². The number of aryl methyl sites for hydroxylation is 4. The predicted molar refractivity (Wildman–Crippen MR) is 181 cm³/mol. The van der Waals surface area contributed by atoms with E-state index in [9.17, 15) is 0 Å². The Labute approximate surface area is 240 Å². The summed E-state index contributed by atoms with van der Waals surface area (Å²) in [5.41, 5.74) is 13.0. The molecule has 2 heteroatoms. The molecule has 1 N–H and O–H groups in total. The molecule has 0 bridgehead atoms. The molecule has 2 aromatic heterocycles. The van der Waals surface area contributed by atoms with Gasteiger partial charge in [-0.2, -0.15) is 0 Å². The standard InChI is InChI=1S/C32H28N2.3C2H6/c1-2-34-26-18-10-8-16-24(26)30-28-20-12-4-3-11-19(20)27-23-15-7-9-17-25(23)33-31(27)29(28)21-13-5-6-14-22(21)32(30)34;3*1-2/h3,5,7-8,10-11,13,15-16,18,33H,2,4,6,9,12,14,17H2,1H3;3*1-2H3. The summed E-state index contributed by atoms with van der Waals surface area (Å²) in [7, 11) is 0. The minimum atomic E-state index is 0.998. The van der Waals surface area contributed by atoms with Crippen molar-refractivity contribution >= 4 is 61.7 Å². The molecule has 0 radical (unpaired) electrons. The van der Waals surface area contributed by atoms with Gasteiger partial charge in [-0.15, -0.1) is 0 Å². The first kappa shape index (κ1) is 28.0. The molecule has 3 aromatic carbocycles. The fraction of sp³-hybridized carbons (Fsp3) is 0.368. The Morgan fingerprint density at radius 1 is 0.650 bits per heavy atom. The van der Waals surface area contributed by atoms with E-state index < -0.39 is 0 Å². The zero-order valence-corrected chi connectivity index (χ0v) is 25.7. The van der Waals surface area contributed by atoms with Crippen LogP contribution in [0.1, 0.15) is 101 Å². The predicted octanol–water partition coefficient (Wildman–Crippen LogP) is 11.4.